The molecular formula is C15H17ClN2O2S. The highest BCUT2D eigenvalue weighted by atomic mass is 35.5. The van der Waals surface area contributed by atoms with Crippen molar-refractivity contribution in [2.24, 2.45) is 0 Å². The summed E-state index contributed by atoms with van der Waals surface area (Å²) in [5, 5.41) is 4.04. The van der Waals surface area contributed by atoms with E-state index in [4.69, 9.17) is 11.6 Å². The molecule has 0 amide bonds. The number of rotatable bonds is 5. The highest BCUT2D eigenvalue weighted by Gasteiger charge is 2.06. The van der Waals surface area contributed by atoms with Gasteiger partial charge in [-0.3, -0.25) is 4.72 Å². The molecule has 2 aromatic carbocycles. The zero-order valence-electron chi connectivity index (χ0n) is 11.8. The van der Waals surface area contributed by atoms with Crippen LogP contribution in [0.1, 0.15) is 18.5 Å². The van der Waals surface area contributed by atoms with Crippen LogP contribution >= 0.6 is 11.6 Å². The highest BCUT2D eigenvalue weighted by Crippen LogP contribution is 2.23. The monoisotopic (exact) mass is 324 g/mol. The number of nitrogens with one attached hydrogen (secondary N) is 2. The van der Waals surface area contributed by atoms with Gasteiger partial charge < -0.3 is 5.32 Å². The van der Waals surface area contributed by atoms with Gasteiger partial charge in [0.1, 0.15) is 0 Å². The van der Waals surface area contributed by atoms with Crippen molar-refractivity contribution < 1.29 is 8.42 Å². The van der Waals surface area contributed by atoms with Crippen molar-refractivity contribution in [3.05, 3.63) is 59.1 Å². The Morgan fingerprint density at radius 1 is 1.05 bits per heavy atom. The van der Waals surface area contributed by atoms with Crippen LogP contribution in [0.5, 0.6) is 0 Å². The largest absolute Gasteiger partial charge is 0.379 e. The van der Waals surface area contributed by atoms with Crippen molar-refractivity contribution in [1.82, 2.24) is 0 Å². The maximum Gasteiger partial charge on any atom is 0.229 e. The first-order valence-corrected chi connectivity index (χ1v) is 8.70. The van der Waals surface area contributed by atoms with Gasteiger partial charge in [0, 0.05) is 22.4 Å². The minimum absolute atomic E-state index is 0.0948. The third-order valence-corrected chi connectivity index (χ3v) is 3.76. The molecule has 0 bridgehead atoms. The molecule has 2 aromatic rings. The van der Waals surface area contributed by atoms with E-state index in [1.54, 1.807) is 12.1 Å². The molecular weight excluding hydrogens is 308 g/mol. The molecule has 1 atom stereocenters. The first kappa shape index (κ1) is 15.7. The van der Waals surface area contributed by atoms with Gasteiger partial charge >= 0.3 is 0 Å². The Kier molecular flexibility index (Phi) is 4.75. The van der Waals surface area contributed by atoms with E-state index in [1.165, 1.54) is 0 Å². The molecule has 21 heavy (non-hydrogen) atoms. The molecule has 4 nitrogen and oxygen atoms in total. The number of anilines is 2. The van der Waals surface area contributed by atoms with Gasteiger partial charge in [-0.05, 0) is 48.9 Å². The summed E-state index contributed by atoms with van der Waals surface area (Å²) in [6.45, 7) is 2.04. The minimum atomic E-state index is -3.25. The van der Waals surface area contributed by atoms with E-state index in [-0.39, 0.29) is 6.04 Å². The quantitative estimate of drug-likeness (QED) is 0.877. The van der Waals surface area contributed by atoms with Crippen LogP contribution in [0, 0.1) is 0 Å². The van der Waals surface area contributed by atoms with Crippen LogP contribution in [0.4, 0.5) is 11.4 Å². The SMILES string of the molecule is CC(Nc1ccc(NS(C)(=O)=O)cc1)c1cccc(Cl)c1. The van der Waals surface area contributed by atoms with Gasteiger partial charge in [0.25, 0.3) is 0 Å². The van der Waals surface area contributed by atoms with Gasteiger partial charge in [-0.15, -0.1) is 0 Å². The Bertz CT molecular complexity index is 715. The Morgan fingerprint density at radius 2 is 1.67 bits per heavy atom. The Hall–Kier alpha value is -1.72. The Balaban J connectivity index is 2.06. The van der Waals surface area contributed by atoms with E-state index in [0.29, 0.717) is 10.7 Å². The molecule has 0 aliphatic carbocycles. The van der Waals surface area contributed by atoms with Crippen molar-refractivity contribution in [3.8, 4) is 0 Å². The molecule has 0 saturated carbocycles. The van der Waals surface area contributed by atoms with E-state index in [2.05, 4.69) is 10.0 Å². The summed E-state index contributed by atoms with van der Waals surface area (Å²) in [5.41, 5.74) is 2.53. The Labute approximate surface area is 130 Å². The van der Waals surface area contributed by atoms with Crippen LogP contribution in [0.3, 0.4) is 0 Å². The molecule has 1 unspecified atom stereocenters. The van der Waals surface area contributed by atoms with Gasteiger partial charge in [-0.2, -0.15) is 0 Å². The average molecular weight is 325 g/mol. The summed E-state index contributed by atoms with van der Waals surface area (Å²) in [6.07, 6.45) is 1.13. The maximum absolute atomic E-state index is 11.1. The van der Waals surface area contributed by atoms with Crippen LogP contribution in [0.2, 0.25) is 5.02 Å². The minimum Gasteiger partial charge on any atom is -0.379 e. The van der Waals surface area contributed by atoms with Crippen molar-refractivity contribution in [2.75, 3.05) is 16.3 Å². The molecule has 0 radical (unpaired) electrons. The lowest BCUT2D eigenvalue weighted by atomic mass is 10.1. The molecule has 0 aliphatic heterocycles. The molecule has 0 heterocycles. The molecule has 0 aliphatic rings. The first-order valence-electron chi connectivity index (χ1n) is 6.43. The summed E-state index contributed by atoms with van der Waals surface area (Å²) in [6, 6.07) is 14.9. The van der Waals surface area contributed by atoms with Gasteiger partial charge in [0.15, 0.2) is 0 Å². The van der Waals surface area contributed by atoms with E-state index >= 15 is 0 Å². The number of hydrogen-bond donors (Lipinski definition) is 2. The fraction of sp³-hybridized carbons (Fsp3) is 0.200. The maximum atomic E-state index is 11.1. The van der Waals surface area contributed by atoms with Crippen LogP contribution in [0.15, 0.2) is 48.5 Å². The number of sulfonamides is 1. The van der Waals surface area contributed by atoms with Crippen molar-refractivity contribution in [2.45, 2.75) is 13.0 Å². The highest BCUT2D eigenvalue weighted by molar-refractivity contribution is 7.92. The third-order valence-electron chi connectivity index (χ3n) is 2.92. The first-order chi connectivity index (χ1) is 9.83. The molecule has 2 N–H and O–H groups in total. The van der Waals surface area contributed by atoms with Gasteiger partial charge in [0.2, 0.25) is 10.0 Å². The zero-order chi connectivity index (χ0) is 15.5. The van der Waals surface area contributed by atoms with Crippen LogP contribution < -0.4 is 10.0 Å². The second kappa shape index (κ2) is 6.37. The zero-order valence-corrected chi connectivity index (χ0v) is 13.4. The predicted molar refractivity (Wildman–Crippen MR) is 88.4 cm³/mol. The molecule has 2 rings (SSSR count). The van der Waals surface area contributed by atoms with E-state index < -0.39 is 10.0 Å². The summed E-state index contributed by atoms with van der Waals surface area (Å²) in [5.74, 6) is 0. The molecule has 0 fully saturated rings. The van der Waals surface area contributed by atoms with E-state index in [1.807, 2.05) is 43.3 Å². The lowest BCUT2D eigenvalue weighted by Crippen LogP contribution is -2.10. The molecule has 0 spiro atoms. The predicted octanol–water partition coefficient (Wildman–Crippen LogP) is 3.88. The van der Waals surface area contributed by atoms with Crippen molar-refractivity contribution in [3.63, 3.8) is 0 Å². The van der Waals surface area contributed by atoms with Crippen LogP contribution in [0.25, 0.3) is 0 Å². The summed E-state index contributed by atoms with van der Waals surface area (Å²) in [7, 11) is -3.25. The van der Waals surface area contributed by atoms with Crippen LogP contribution in [-0.2, 0) is 10.0 Å². The fourth-order valence-corrected chi connectivity index (χ4v) is 2.72. The molecule has 0 saturated heterocycles. The Morgan fingerprint density at radius 3 is 2.24 bits per heavy atom. The summed E-state index contributed by atoms with van der Waals surface area (Å²) >= 11 is 5.98. The van der Waals surface area contributed by atoms with Gasteiger partial charge in [0.05, 0.1) is 6.26 Å². The van der Waals surface area contributed by atoms with E-state index in [0.717, 1.165) is 17.5 Å². The fourth-order valence-electron chi connectivity index (χ4n) is 1.96. The van der Waals surface area contributed by atoms with Gasteiger partial charge in [-0.25, -0.2) is 8.42 Å². The summed E-state index contributed by atoms with van der Waals surface area (Å²) < 4.78 is 24.7. The topological polar surface area (TPSA) is 58.2 Å². The third kappa shape index (κ3) is 4.95. The number of hydrogen-bond acceptors (Lipinski definition) is 3. The van der Waals surface area contributed by atoms with Crippen molar-refractivity contribution in [1.29, 1.82) is 0 Å². The lowest BCUT2D eigenvalue weighted by molar-refractivity contribution is 0.607. The van der Waals surface area contributed by atoms with Gasteiger partial charge in [-0.1, -0.05) is 23.7 Å². The molecule has 0 aromatic heterocycles. The molecule has 112 valence electrons. The smallest absolute Gasteiger partial charge is 0.229 e. The lowest BCUT2D eigenvalue weighted by Gasteiger charge is -2.16. The average Bonchev–Trinajstić information content (AvgIpc) is 2.39. The van der Waals surface area contributed by atoms with E-state index in [9.17, 15) is 8.42 Å². The second-order valence-corrected chi connectivity index (χ2v) is 7.06. The number of benzene rings is 2. The molecule has 6 heteroatoms. The van der Waals surface area contributed by atoms with Crippen molar-refractivity contribution >= 4 is 33.0 Å². The summed E-state index contributed by atoms with van der Waals surface area (Å²) in [4.78, 5) is 0. The second-order valence-electron chi connectivity index (χ2n) is 4.87. The van der Waals surface area contributed by atoms with Crippen LogP contribution in [-0.4, -0.2) is 14.7 Å². The normalized spacial score (nSPS) is 12.7. The standard InChI is InChI=1S/C15H17ClN2O2S/c1-11(12-4-3-5-13(16)10-12)17-14-6-8-15(9-7-14)18-21(2,19)20/h3-11,17-18H,1-2H3. The number of halogens is 1.